The van der Waals surface area contributed by atoms with E-state index in [-0.39, 0.29) is 0 Å². The maximum atomic E-state index is 10.7. The normalized spacial score (nSPS) is 17.5. The van der Waals surface area contributed by atoms with Gasteiger partial charge in [0.2, 0.25) is 0 Å². The van der Waals surface area contributed by atoms with Gasteiger partial charge in [0.25, 0.3) is 0 Å². The highest BCUT2D eigenvalue weighted by Gasteiger charge is 2.17. The Morgan fingerprint density at radius 1 is 1.31 bits per heavy atom. The lowest BCUT2D eigenvalue weighted by Gasteiger charge is -2.32. The van der Waals surface area contributed by atoms with Gasteiger partial charge < -0.3 is 9.80 Å². The second kappa shape index (κ2) is 4.66. The van der Waals surface area contributed by atoms with Gasteiger partial charge in [0.05, 0.1) is 33.2 Å². The minimum atomic E-state index is 0.795. The Morgan fingerprint density at radius 3 is 2.56 bits per heavy atom. The standard InChI is InChI=1S/C13H18N2O/c1-11-9-13(4-3-12(11)10-16)15-7-5-14(2)6-8-15/h3-4,9-10H,5-8H2,1-2H3/p+1. The van der Waals surface area contributed by atoms with Crippen molar-refractivity contribution in [3.8, 4) is 0 Å². The Bertz CT molecular complexity index is 382. The minimum absolute atomic E-state index is 0.795. The van der Waals surface area contributed by atoms with E-state index < -0.39 is 0 Å². The molecule has 1 aromatic rings. The first-order valence-electron chi connectivity index (χ1n) is 5.83. The first-order valence-corrected chi connectivity index (χ1v) is 5.83. The lowest BCUT2D eigenvalue weighted by atomic mass is 10.1. The molecule has 0 radical (unpaired) electrons. The minimum Gasteiger partial charge on any atom is -0.360 e. The molecule has 3 heteroatoms. The molecule has 16 heavy (non-hydrogen) atoms. The Balaban J connectivity index is 2.15. The van der Waals surface area contributed by atoms with Gasteiger partial charge in [-0.1, -0.05) is 0 Å². The molecule has 3 nitrogen and oxygen atoms in total. The largest absolute Gasteiger partial charge is 0.360 e. The van der Waals surface area contributed by atoms with E-state index in [0.717, 1.165) is 30.5 Å². The number of aryl methyl sites for hydroxylation is 1. The van der Waals surface area contributed by atoms with Crippen LogP contribution < -0.4 is 9.80 Å². The van der Waals surface area contributed by atoms with Crippen LogP contribution in [0.3, 0.4) is 0 Å². The first-order chi connectivity index (χ1) is 7.70. The lowest BCUT2D eigenvalue weighted by Crippen LogP contribution is -3.12. The Morgan fingerprint density at radius 2 is 2.00 bits per heavy atom. The van der Waals surface area contributed by atoms with Crippen LogP contribution in [0.15, 0.2) is 18.2 Å². The summed E-state index contributed by atoms with van der Waals surface area (Å²) in [5.74, 6) is 0. The molecule has 1 saturated heterocycles. The highest BCUT2D eigenvalue weighted by molar-refractivity contribution is 5.78. The number of carbonyl (C=O) groups is 1. The number of anilines is 1. The summed E-state index contributed by atoms with van der Waals surface area (Å²) >= 11 is 0. The maximum Gasteiger partial charge on any atom is 0.150 e. The zero-order valence-electron chi connectivity index (χ0n) is 9.99. The molecule has 1 aliphatic rings. The molecule has 0 aliphatic carbocycles. The predicted molar refractivity (Wildman–Crippen MR) is 65.4 cm³/mol. The van der Waals surface area contributed by atoms with E-state index >= 15 is 0 Å². The van der Waals surface area contributed by atoms with E-state index in [1.165, 1.54) is 18.8 Å². The summed E-state index contributed by atoms with van der Waals surface area (Å²) < 4.78 is 0. The van der Waals surface area contributed by atoms with Gasteiger partial charge in [0, 0.05) is 11.3 Å². The number of piperazine rings is 1. The van der Waals surface area contributed by atoms with Crippen molar-refractivity contribution in [2.75, 3.05) is 38.1 Å². The molecule has 0 amide bonds. The van der Waals surface area contributed by atoms with Gasteiger partial charge in [-0.3, -0.25) is 4.79 Å². The fraction of sp³-hybridized carbons (Fsp3) is 0.462. The molecule has 1 aliphatic heterocycles. The smallest absolute Gasteiger partial charge is 0.150 e. The zero-order chi connectivity index (χ0) is 11.5. The molecule has 0 bridgehead atoms. The van der Waals surface area contributed by atoms with Gasteiger partial charge in [-0.05, 0) is 30.7 Å². The van der Waals surface area contributed by atoms with Crippen molar-refractivity contribution in [2.24, 2.45) is 0 Å². The molecular formula is C13H19N2O+. The SMILES string of the molecule is Cc1cc(N2CC[NH+](C)CC2)ccc1C=O. The average molecular weight is 219 g/mol. The Kier molecular flexibility index (Phi) is 3.25. The van der Waals surface area contributed by atoms with Crippen LogP contribution in [0.25, 0.3) is 0 Å². The van der Waals surface area contributed by atoms with E-state index in [1.54, 1.807) is 4.90 Å². The fourth-order valence-corrected chi connectivity index (χ4v) is 2.14. The molecule has 1 fully saturated rings. The van der Waals surface area contributed by atoms with Crippen molar-refractivity contribution in [2.45, 2.75) is 6.92 Å². The molecule has 0 aromatic heterocycles. The van der Waals surface area contributed by atoms with Crippen molar-refractivity contribution < 1.29 is 9.69 Å². The van der Waals surface area contributed by atoms with Crippen LogP contribution in [-0.4, -0.2) is 39.5 Å². The quantitative estimate of drug-likeness (QED) is 0.716. The van der Waals surface area contributed by atoms with Gasteiger partial charge in [-0.2, -0.15) is 0 Å². The number of quaternary nitrogens is 1. The Labute approximate surface area is 96.7 Å². The average Bonchev–Trinajstić information content (AvgIpc) is 2.30. The molecule has 1 aromatic carbocycles. The number of hydrogen-bond donors (Lipinski definition) is 1. The number of benzene rings is 1. The number of aldehydes is 1. The second-order valence-electron chi connectivity index (χ2n) is 4.60. The summed E-state index contributed by atoms with van der Waals surface area (Å²) in [4.78, 5) is 14.7. The summed E-state index contributed by atoms with van der Waals surface area (Å²) in [5, 5.41) is 0. The van der Waals surface area contributed by atoms with Crippen molar-refractivity contribution >= 4 is 12.0 Å². The third-order valence-corrected chi connectivity index (χ3v) is 3.36. The molecule has 0 saturated carbocycles. The maximum absolute atomic E-state index is 10.7. The summed E-state index contributed by atoms with van der Waals surface area (Å²) in [6.07, 6.45) is 0.924. The molecule has 0 spiro atoms. The van der Waals surface area contributed by atoms with Crippen LogP contribution >= 0.6 is 0 Å². The first kappa shape index (κ1) is 11.1. The van der Waals surface area contributed by atoms with Crippen LogP contribution in [0.5, 0.6) is 0 Å². The van der Waals surface area contributed by atoms with Gasteiger partial charge in [-0.25, -0.2) is 0 Å². The summed E-state index contributed by atoms with van der Waals surface area (Å²) in [6, 6.07) is 6.09. The lowest BCUT2D eigenvalue weighted by molar-refractivity contribution is -0.880. The Hall–Kier alpha value is -1.35. The number of rotatable bonds is 2. The summed E-state index contributed by atoms with van der Waals surface area (Å²) in [6.45, 7) is 6.58. The third-order valence-electron chi connectivity index (χ3n) is 3.36. The molecule has 1 N–H and O–H groups in total. The van der Waals surface area contributed by atoms with Crippen molar-refractivity contribution in [3.63, 3.8) is 0 Å². The number of likely N-dealkylation sites (N-methyl/N-ethyl adjacent to an activating group) is 1. The van der Waals surface area contributed by atoms with Crippen molar-refractivity contribution in [1.82, 2.24) is 0 Å². The monoisotopic (exact) mass is 219 g/mol. The highest BCUT2D eigenvalue weighted by atomic mass is 16.1. The van der Waals surface area contributed by atoms with E-state index in [1.807, 2.05) is 13.0 Å². The topological polar surface area (TPSA) is 24.8 Å². The van der Waals surface area contributed by atoms with E-state index in [2.05, 4.69) is 24.1 Å². The number of hydrogen-bond acceptors (Lipinski definition) is 2. The zero-order valence-corrected chi connectivity index (χ0v) is 9.99. The number of nitrogens with one attached hydrogen (secondary N) is 1. The third kappa shape index (κ3) is 2.25. The second-order valence-corrected chi connectivity index (χ2v) is 4.60. The number of carbonyl (C=O) groups excluding carboxylic acids is 1. The molecule has 0 atom stereocenters. The molecular weight excluding hydrogens is 200 g/mol. The fourth-order valence-electron chi connectivity index (χ4n) is 2.14. The van der Waals surface area contributed by atoms with Crippen LogP contribution in [0.2, 0.25) is 0 Å². The highest BCUT2D eigenvalue weighted by Crippen LogP contribution is 2.18. The molecule has 1 heterocycles. The van der Waals surface area contributed by atoms with E-state index in [0.29, 0.717) is 0 Å². The number of nitrogens with zero attached hydrogens (tertiary/aromatic N) is 1. The van der Waals surface area contributed by atoms with Crippen molar-refractivity contribution in [3.05, 3.63) is 29.3 Å². The summed E-state index contributed by atoms with van der Waals surface area (Å²) in [5.41, 5.74) is 3.11. The van der Waals surface area contributed by atoms with Crippen LogP contribution in [0, 0.1) is 6.92 Å². The van der Waals surface area contributed by atoms with Gasteiger partial charge in [0.1, 0.15) is 6.29 Å². The van der Waals surface area contributed by atoms with Gasteiger partial charge in [0.15, 0.2) is 0 Å². The van der Waals surface area contributed by atoms with Gasteiger partial charge in [-0.15, -0.1) is 0 Å². The van der Waals surface area contributed by atoms with E-state index in [4.69, 9.17) is 0 Å². The summed E-state index contributed by atoms with van der Waals surface area (Å²) in [7, 11) is 2.23. The van der Waals surface area contributed by atoms with Crippen LogP contribution in [0.4, 0.5) is 5.69 Å². The van der Waals surface area contributed by atoms with Crippen molar-refractivity contribution in [1.29, 1.82) is 0 Å². The molecule has 2 rings (SSSR count). The molecule has 86 valence electrons. The van der Waals surface area contributed by atoms with Crippen LogP contribution in [-0.2, 0) is 0 Å². The predicted octanol–water partition coefficient (Wildman–Crippen LogP) is 0.142. The van der Waals surface area contributed by atoms with Crippen LogP contribution in [0.1, 0.15) is 15.9 Å². The molecule has 0 unspecified atom stereocenters. The van der Waals surface area contributed by atoms with E-state index in [9.17, 15) is 4.79 Å². The van der Waals surface area contributed by atoms with Gasteiger partial charge >= 0.3 is 0 Å².